The number of nitrogens with zero attached hydrogens (tertiary/aromatic N) is 2. The predicted molar refractivity (Wildman–Crippen MR) is 65.1 cm³/mol. The zero-order valence-corrected chi connectivity index (χ0v) is 9.88. The third kappa shape index (κ3) is 1.82. The van der Waals surface area contributed by atoms with Gasteiger partial charge >= 0.3 is 0 Å². The van der Waals surface area contributed by atoms with E-state index in [1.54, 1.807) is 0 Å². The second-order valence-corrected chi connectivity index (χ2v) is 4.45. The zero-order chi connectivity index (χ0) is 11.6. The van der Waals surface area contributed by atoms with Crippen LogP contribution in [0.2, 0.25) is 0 Å². The Morgan fingerprint density at radius 1 is 1.38 bits per heavy atom. The van der Waals surface area contributed by atoms with Crippen LogP contribution in [-0.4, -0.2) is 15.5 Å². The van der Waals surface area contributed by atoms with Crippen LogP contribution in [0.4, 0.5) is 11.6 Å². The second kappa shape index (κ2) is 4.25. The maximum absolute atomic E-state index is 5.39. The lowest BCUT2D eigenvalue weighted by atomic mass is 9.75. The van der Waals surface area contributed by atoms with Crippen molar-refractivity contribution in [2.75, 3.05) is 10.7 Å². The van der Waals surface area contributed by atoms with Crippen molar-refractivity contribution in [2.45, 2.75) is 45.1 Å². The van der Waals surface area contributed by atoms with Gasteiger partial charge in [0.25, 0.3) is 0 Å². The van der Waals surface area contributed by atoms with E-state index in [1.165, 1.54) is 25.6 Å². The van der Waals surface area contributed by atoms with Gasteiger partial charge in [0.05, 0.1) is 0 Å². The summed E-state index contributed by atoms with van der Waals surface area (Å²) in [5, 5.41) is 3.54. The molecule has 1 aromatic rings. The summed E-state index contributed by atoms with van der Waals surface area (Å²) in [7, 11) is 0. The molecule has 1 fully saturated rings. The Labute approximate surface area is 95.8 Å². The summed E-state index contributed by atoms with van der Waals surface area (Å²) >= 11 is 0. The van der Waals surface area contributed by atoms with Crippen molar-refractivity contribution in [1.82, 2.24) is 9.97 Å². The average Bonchev–Trinajstić information content (AvgIpc) is 2.25. The predicted octanol–water partition coefficient (Wildman–Crippen LogP) is 1.82. The molecule has 0 amide bonds. The van der Waals surface area contributed by atoms with Crippen molar-refractivity contribution in [2.24, 2.45) is 5.84 Å². The Morgan fingerprint density at radius 3 is 2.56 bits per heavy atom. The number of hydrogen-bond acceptors (Lipinski definition) is 5. The minimum Gasteiger partial charge on any atom is -0.364 e. The van der Waals surface area contributed by atoms with Gasteiger partial charge in [-0.05, 0) is 32.6 Å². The van der Waals surface area contributed by atoms with E-state index in [-0.39, 0.29) is 5.54 Å². The van der Waals surface area contributed by atoms with Gasteiger partial charge in [-0.25, -0.2) is 15.8 Å². The molecule has 0 saturated heterocycles. The molecule has 88 valence electrons. The SMILES string of the molecule is CCC1(Nc2ncnc(NN)c2C)CCC1. The maximum Gasteiger partial charge on any atom is 0.148 e. The number of hydrazine groups is 1. The Morgan fingerprint density at radius 2 is 2.06 bits per heavy atom. The monoisotopic (exact) mass is 221 g/mol. The van der Waals surface area contributed by atoms with Crippen molar-refractivity contribution in [1.29, 1.82) is 0 Å². The quantitative estimate of drug-likeness (QED) is 0.534. The fourth-order valence-corrected chi connectivity index (χ4v) is 2.14. The Kier molecular flexibility index (Phi) is 2.96. The largest absolute Gasteiger partial charge is 0.364 e. The molecule has 0 radical (unpaired) electrons. The number of nitrogen functional groups attached to an aromatic ring is 1. The van der Waals surface area contributed by atoms with Gasteiger partial charge in [-0.15, -0.1) is 0 Å². The average molecular weight is 221 g/mol. The fourth-order valence-electron chi connectivity index (χ4n) is 2.14. The fraction of sp³-hybridized carbons (Fsp3) is 0.636. The molecule has 0 bridgehead atoms. The molecule has 0 aromatic carbocycles. The third-order valence-corrected chi connectivity index (χ3v) is 3.59. The number of nitrogens with two attached hydrogens (primary N) is 1. The minimum absolute atomic E-state index is 0.241. The molecular formula is C11H19N5. The smallest absolute Gasteiger partial charge is 0.148 e. The van der Waals surface area contributed by atoms with Crippen molar-refractivity contribution < 1.29 is 0 Å². The first kappa shape index (κ1) is 11.1. The standard InChI is InChI=1S/C11H19N5/c1-3-11(5-4-6-11)15-9-8(2)10(16-12)14-7-13-9/h7H,3-6,12H2,1-2H3,(H2,13,14,15,16). The van der Waals surface area contributed by atoms with Crippen LogP contribution in [0.1, 0.15) is 38.2 Å². The van der Waals surface area contributed by atoms with E-state index in [1.807, 2.05) is 6.92 Å². The second-order valence-electron chi connectivity index (χ2n) is 4.45. The molecule has 5 nitrogen and oxygen atoms in total. The van der Waals surface area contributed by atoms with Crippen LogP contribution in [0.25, 0.3) is 0 Å². The number of rotatable bonds is 4. The first-order valence-electron chi connectivity index (χ1n) is 5.77. The van der Waals surface area contributed by atoms with E-state index >= 15 is 0 Å². The Bertz CT molecular complexity index is 367. The lowest BCUT2D eigenvalue weighted by molar-refractivity contribution is 0.268. The molecule has 4 N–H and O–H groups in total. The van der Waals surface area contributed by atoms with Gasteiger partial charge in [0, 0.05) is 11.1 Å². The molecule has 0 atom stereocenters. The van der Waals surface area contributed by atoms with Crippen molar-refractivity contribution in [3.05, 3.63) is 11.9 Å². The molecule has 5 heteroatoms. The molecule has 1 aliphatic rings. The Hall–Kier alpha value is -1.36. The highest BCUT2D eigenvalue weighted by molar-refractivity contribution is 5.57. The third-order valence-electron chi connectivity index (χ3n) is 3.59. The molecule has 16 heavy (non-hydrogen) atoms. The molecule has 0 unspecified atom stereocenters. The minimum atomic E-state index is 0.241. The molecule has 0 spiro atoms. The van der Waals surface area contributed by atoms with Crippen molar-refractivity contribution in [3.63, 3.8) is 0 Å². The van der Waals surface area contributed by atoms with E-state index in [2.05, 4.69) is 27.6 Å². The number of aromatic nitrogens is 2. The van der Waals surface area contributed by atoms with Crippen LogP contribution in [0.3, 0.4) is 0 Å². The highest BCUT2D eigenvalue weighted by Crippen LogP contribution is 2.38. The topological polar surface area (TPSA) is 75.9 Å². The molecular weight excluding hydrogens is 202 g/mol. The highest BCUT2D eigenvalue weighted by atomic mass is 15.3. The van der Waals surface area contributed by atoms with E-state index in [0.29, 0.717) is 5.82 Å². The van der Waals surface area contributed by atoms with Crippen molar-refractivity contribution >= 4 is 11.6 Å². The van der Waals surface area contributed by atoms with Gasteiger partial charge in [0.2, 0.25) is 0 Å². The van der Waals surface area contributed by atoms with E-state index in [4.69, 9.17) is 5.84 Å². The van der Waals surface area contributed by atoms with Crippen LogP contribution in [0, 0.1) is 6.92 Å². The highest BCUT2D eigenvalue weighted by Gasteiger charge is 2.35. The van der Waals surface area contributed by atoms with Gasteiger partial charge < -0.3 is 10.7 Å². The summed E-state index contributed by atoms with van der Waals surface area (Å²) < 4.78 is 0. The van der Waals surface area contributed by atoms with Gasteiger partial charge in [0.15, 0.2) is 0 Å². The summed E-state index contributed by atoms with van der Waals surface area (Å²) in [4.78, 5) is 8.35. The summed E-state index contributed by atoms with van der Waals surface area (Å²) in [5.41, 5.74) is 3.80. The Balaban J connectivity index is 2.21. The lowest BCUT2D eigenvalue weighted by Gasteiger charge is -2.42. The van der Waals surface area contributed by atoms with E-state index in [0.717, 1.165) is 17.8 Å². The first-order valence-corrected chi connectivity index (χ1v) is 5.77. The van der Waals surface area contributed by atoms with E-state index in [9.17, 15) is 0 Å². The van der Waals surface area contributed by atoms with Crippen LogP contribution in [0.15, 0.2) is 6.33 Å². The van der Waals surface area contributed by atoms with Crippen LogP contribution in [-0.2, 0) is 0 Å². The number of hydrogen-bond donors (Lipinski definition) is 3. The van der Waals surface area contributed by atoms with Gasteiger partial charge in [0.1, 0.15) is 18.0 Å². The summed E-state index contributed by atoms with van der Waals surface area (Å²) in [6.45, 7) is 4.18. The molecule has 0 aliphatic heterocycles. The summed E-state index contributed by atoms with van der Waals surface area (Å²) in [5.74, 6) is 6.97. The number of nitrogens with one attached hydrogen (secondary N) is 2. The first-order chi connectivity index (χ1) is 7.71. The molecule has 1 saturated carbocycles. The van der Waals surface area contributed by atoms with Crippen LogP contribution >= 0.6 is 0 Å². The molecule has 2 rings (SSSR count). The van der Waals surface area contributed by atoms with E-state index < -0.39 is 0 Å². The number of anilines is 2. The maximum atomic E-state index is 5.39. The summed E-state index contributed by atoms with van der Waals surface area (Å²) in [6, 6.07) is 0. The van der Waals surface area contributed by atoms with Crippen LogP contribution in [0.5, 0.6) is 0 Å². The van der Waals surface area contributed by atoms with Gasteiger partial charge in [-0.3, -0.25) is 0 Å². The lowest BCUT2D eigenvalue weighted by Crippen LogP contribution is -2.44. The van der Waals surface area contributed by atoms with Gasteiger partial charge in [-0.1, -0.05) is 6.92 Å². The van der Waals surface area contributed by atoms with Crippen molar-refractivity contribution in [3.8, 4) is 0 Å². The van der Waals surface area contributed by atoms with Crippen LogP contribution < -0.4 is 16.6 Å². The zero-order valence-electron chi connectivity index (χ0n) is 9.88. The molecule has 1 heterocycles. The van der Waals surface area contributed by atoms with Gasteiger partial charge in [-0.2, -0.15) is 0 Å². The summed E-state index contributed by atoms with van der Waals surface area (Å²) in [6.07, 6.45) is 6.40. The normalized spacial score (nSPS) is 17.7. The molecule has 1 aromatic heterocycles. The molecule has 1 aliphatic carbocycles.